The third-order valence-electron chi connectivity index (χ3n) is 3.30. The monoisotopic (exact) mass is 280 g/mol. The number of benzene rings is 1. The van der Waals surface area contributed by atoms with Crippen molar-refractivity contribution in [2.45, 2.75) is 25.7 Å². The van der Waals surface area contributed by atoms with Gasteiger partial charge in [0.1, 0.15) is 0 Å². The van der Waals surface area contributed by atoms with Gasteiger partial charge in [0.2, 0.25) is 0 Å². The van der Waals surface area contributed by atoms with Crippen molar-refractivity contribution in [3.05, 3.63) is 29.3 Å². The molecule has 1 aromatic carbocycles. The van der Waals surface area contributed by atoms with E-state index in [0.717, 1.165) is 35.7 Å². The minimum absolute atomic E-state index is 0.0283. The highest BCUT2D eigenvalue weighted by molar-refractivity contribution is 7.98. The highest BCUT2D eigenvalue weighted by Gasteiger charge is 2.09. The number of nitrogens with one attached hydrogen (secondary N) is 1. The van der Waals surface area contributed by atoms with Crippen LogP contribution in [0.3, 0.4) is 0 Å². The lowest BCUT2D eigenvalue weighted by Crippen LogP contribution is -2.35. The zero-order valence-electron chi connectivity index (χ0n) is 12.3. The van der Waals surface area contributed by atoms with Crippen LogP contribution in [-0.2, 0) is 0 Å². The number of likely N-dealkylation sites (N-methyl/N-ethyl adjacent to an activating group) is 1. The lowest BCUT2D eigenvalue weighted by atomic mass is 10.1. The summed E-state index contributed by atoms with van der Waals surface area (Å²) < 4.78 is 0. The van der Waals surface area contributed by atoms with Gasteiger partial charge in [-0.3, -0.25) is 4.79 Å². The molecule has 0 aliphatic heterocycles. The highest BCUT2D eigenvalue weighted by Crippen LogP contribution is 2.18. The molecule has 19 heavy (non-hydrogen) atoms. The van der Waals surface area contributed by atoms with Crippen molar-refractivity contribution in [3.63, 3.8) is 0 Å². The van der Waals surface area contributed by atoms with Crippen LogP contribution in [-0.4, -0.2) is 43.2 Å². The van der Waals surface area contributed by atoms with E-state index in [1.54, 1.807) is 11.8 Å². The van der Waals surface area contributed by atoms with E-state index in [9.17, 15) is 4.79 Å². The Balaban J connectivity index is 2.58. The maximum Gasteiger partial charge on any atom is 0.251 e. The molecular weight excluding hydrogens is 256 g/mol. The van der Waals surface area contributed by atoms with E-state index in [0.29, 0.717) is 6.54 Å². The first-order valence-electron chi connectivity index (χ1n) is 6.77. The Bertz CT molecular complexity index is 417. The van der Waals surface area contributed by atoms with Gasteiger partial charge < -0.3 is 10.2 Å². The maximum atomic E-state index is 12.2. The first-order valence-corrected chi connectivity index (χ1v) is 8.00. The molecular formula is C15H24N2OS. The molecule has 0 heterocycles. The van der Waals surface area contributed by atoms with Gasteiger partial charge in [-0.25, -0.2) is 0 Å². The number of amides is 1. The fraction of sp³-hybridized carbons (Fsp3) is 0.533. The van der Waals surface area contributed by atoms with Crippen molar-refractivity contribution in [1.29, 1.82) is 0 Å². The minimum Gasteiger partial charge on any atom is -0.351 e. The number of carbonyl (C=O) groups is 1. The minimum atomic E-state index is 0.0283. The third kappa shape index (κ3) is 4.88. The number of carbonyl (C=O) groups excluding carboxylic acids is 1. The number of nitrogens with zero attached hydrogens (tertiary/aromatic N) is 1. The Kier molecular flexibility index (Phi) is 6.95. The second-order valence-electron chi connectivity index (χ2n) is 4.46. The van der Waals surface area contributed by atoms with Crippen LogP contribution in [0.25, 0.3) is 0 Å². The van der Waals surface area contributed by atoms with Crippen molar-refractivity contribution < 1.29 is 4.79 Å². The predicted octanol–water partition coefficient (Wildman–Crippen LogP) is 2.79. The fourth-order valence-corrected chi connectivity index (χ4v) is 2.38. The maximum absolute atomic E-state index is 12.2. The molecule has 0 bridgehead atoms. The van der Waals surface area contributed by atoms with Crippen LogP contribution in [0.15, 0.2) is 23.1 Å². The molecule has 0 fully saturated rings. The van der Waals surface area contributed by atoms with Crippen LogP contribution in [0.1, 0.15) is 29.8 Å². The SMILES string of the molecule is CCN(CC)CCNC(=O)c1cc(SC)ccc1C. The first-order chi connectivity index (χ1) is 9.12. The van der Waals surface area contributed by atoms with Crippen molar-refractivity contribution >= 4 is 17.7 Å². The van der Waals surface area contributed by atoms with Crippen LogP contribution in [0.4, 0.5) is 0 Å². The first kappa shape index (κ1) is 16.1. The summed E-state index contributed by atoms with van der Waals surface area (Å²) >= 11 is 1.66. The molecule has 1 rings (SSSR count). The second-order valence-corrected chi connectivity index (χ2v) is 5.34. The van der Waals surface area contributed by atoms with Gasteiger partial charge >= 0.3 is 0 Å². The molecule has 0 atom stereocenters. The van der Waals surface area contributed by atoms with E-state index >= 15 is 0 Å². The van der Waals surface area contributed by atoms with Crippen LogP contribution >= 0.6 is 11.8 Å². The normalized spacial score (nSPS) is 10.8. The van der Waals surface area contributed by atoms with Gasteiger partial charge in [-0.2, -0.15) is 0 Å². The summed E-state index contributed by atoms with van der Waals surface area (Å²) in [5.74, 6) is 0.0283. The molecule has 0 unspecified atom stereocenters. The summed E-state index contributed by atoms with van der Waals surface area (Å²) in [7, 11) is 0. The number of thioether (sulfide) groups is 1. The lowest BCUT2D eigenvalue weighted by Gasteiger charge is -2.18. The van der Waals surface area contributed by atoms with E-state index in [2.05, 4.69) is 24.1 Å². The molecule has 106 valence electrons. The number of hydrogen-bond donors (Lipinski definition) is 1. The zero-order chi connectivity index (χ0) is 14.3. The molecule has 0 radical (unpaired) electrons. The summed E-state index contributed by atoms with van der Waals surface area (Å²) in [6.07, 6.45) is 2.02. The Morgan fingerprint density at radius 1 is 1.32 bits per heavy atom. The summed E-state index contributed by atoms with van der Waals surface area (Å²) in [6.45, 7) is 9.89. The molecule has 0 saturated carbocycles. The van der Waals surface area contributed by atoms with Gasteiger partial charge in [-0.05, 0) is 44.0 Å². The van der Waals surface area contributed by atoms with Crippen molar-refractivity contribution in [3.8, 4) is 0 Å². The molecule has 3 nitrogen and oxygen atoms in total. The van der Waals surface area contributed by atoms with Crippen molar-refractivity contribution in [2.75, 3.05) is 32.4 Å². The summed E-state index contributed by atoms with van der Waals surface area (Å²) in [6, 6.07) is 6.02. The molecule has 0 saturated heterocycles. The fourth-order valence-electron chi connectivity index (χ4n) is 1.94. The summed E-state index contributed by atoms with van der Waals surface area (Å²) in [4.78, 5) is 15.6. The molecule has 0 aromatic heterocycles. The van der Waals surface area contributed by atoms with E-state index in [4.69, 9.17) is 0 Å². The average Bonchev–Trinajstić information content (AvgIpc) is 2.44. The molecule has 0 aliphatic rings. The third-order valence-corrected chi connectivity index (χ3v) is 4.02. The van der Waals surface area contributed by atoms with E-state index in [-0.39, 0.29) is 5.91 Å². The topological polar surface area (TPSA) is 32.3 Å². The van der Waals surface area contributed by atoms with Crippen LogP contribution in [0.5, 0.6) is 0 Å². The molecule has 4 heteroatoms. The quantitative estimate of drug-likeness (QED) is 0.780. The van der Waals surface area contributed by atoms with Crippen molar-refractivity contribution in [1.82, 2.24) is 10.2 Å². The Labute approximate surface area is 120 Å². The van der Waals surface area contributed by atoms with E-state index in [1.165, 1.54) is 0 Å². The largest absolute Gasteiger partial charge is 0.351 e. The van der Waals surface area contributed by atoms with Gasteiger partial charge in [0, 0.05) is 23.5 Å². The summed E-state index contributed by atoms with van der Waals surface area (Å²) in [5.41, 5.74) is 1.81. The molecule has 0 spiro atoms. The van der Waals surface area contributed by atoms with Crippen LogP contribution in [0, 0.1) is 6.92 Å². The van der Waals surface area contributed by atoms with Gasteiger partial charge in [0.05, 0.1) is 0 Å². The second kappa shape index (κ2) is 8.23. The Hall–Kier alpha value is -1.00. The van der Waals surface area contributed by atoms with Crippen molar-refractivity contribution in [2.24, 2.45) is 0 Å². The van der Waals surface area contributed by atoms with Gasteiger partial charge in [0.25, 0.3) is 5.91 Å². The van der Waals surface area contributed by atoms with Crippen LogP contribution < -0.4 is 5.32 Å². The van der Waals surface area contributed by atoms with Gasteiger partial charge in [0.15, 0.2) is 0 Å². The molecule has 0 aliphatic carbocycles. The van der Waals surface area contributed by atoms with Crippen LogP contribution in [0.2, 0.25) is 0 Å². The number of hydrogen-bond acceptors (Lipinski definition) is 3. The smallest absolute Gasteiger partial charge is 0.251 e. The lowest BCUT2D eigenvalue weighted by molar-refractivity contribution is 0.0948. The predicted molar refractivity (Wildman–Crippen MR) is 83.1 cm³/mol. The molecule has 1 aromatic rings. The molecule has 1 N–H and O–H groups in total. The Morgan fingerprint density at radius 2 is 2.00 bits per heavy atom. The summed E-state index contributed by atoms with van der Waals surface area (Å²) in [5, 5.41) is 3.00. The van der Waals surface area contributed by atoms with Gasteiger partial charge in [-0.15, -0.1) is 11.8 Å². The van der Waals surface area contributed by atoms with Gasteiger partial charge in [-0.1, -0.05) is 19.9 Å². The average molecular weight is 280 g/mol. The van der Waals surface area contributed by atoms with E-state index in [1.807, 2.05) is 31.4 Å². The standard InChI is InChI=1S/C15H24N2OS/c1-5-17(6-2)10-9-16-15(18)14-11-13(19-4)8-7-12(14)3/h7-8,11H,5-6,9-10H2,1-4H3,(H,16,18). The zero-order valence-corrected chi connectivity index (χ0v) is 13.1. The highest BCUT2D eigenvalue weighted by atomic mass is 32.2. The Morgan fingerprint density at radius 3 is 2.58 bits per heavy atom. The number of aryl methyl sites for hydroxylation is 1. The van der Waals surface area contributed by atoms with E-state index < -0.39 is 0 Å². The number of rotatable bonds is 7. The molecule has 1 amide bonds.